The number of nitrogens with one attached hydrogen (secondary N) is 1. The molecule has 0 aliphatic heterocycles. The van der Waals surface area contributed by atoms with Crippen LogP contribution < -0.4 is 0 Å². The van der Waals surface area contributed by atoms with Crippen LogP contribution in [0.15, 0.2) is 0 Å². The maximum absolute atomic E-state index is 5.19. The van der Waals surface area contributed by atoms with Gasteiger partial charge in [-0.05, 0) is 26.7 Å². The van der Waals surface area contributed by atoms with Crippen molar-refractivity contribution >= 4 is 12.2 Å². The van der Waals surface area contributed by atoms with E-state index in [9.17, 15) is 0 Å². The van der Waals surface area contributed by atoms with Crippen LogP contribution in [-0.4, -0.2) is 9.97 Å². The normalized spacial score (nSPS) is 17.1. The first-order valence-corrected chi connectivity index (χ1v) is 5.16. The zero-order chi connectivity index (χ0) is 9.42. The standard InChI is InChI=1S/C10H14N2S/c1-6-7(2)11-9(12-10(6)13)8-4-3-5-8/h8H,3-5H2,1-2H3,(H,11,12,13). The van der Waals surface area contributed by atoms with Crippen LogP contribution >= 0.6 is 12.2 Å². The number of rotatable bonds is 1. The van der Waals surface area contributed by atoms with E-state index < -0.39 is 0 Å². The molecule has 3 heteroatoms. The highest BCUT2D eigenvalue weighted by molar-refractivity contribution is 7.71. The molecule has 0 saturated heterocycles. The van der Waals surface area contributed by atoms with Gasteiger partial charge in [0, 0.05) is 17.2 Å². The van der Waals surface area contributed by atoms with E-state index >= 15 is 0 Å². The summed E-state index contributed by atoms with van der Waals surface area (Å²) in [5.74, 6) is 1.74. The minimum Gasteiger partial charge on any atom is -0.347 e. The van der Waals surface area contributed by atoms with Crippen molar-refractivity contribution in [2.24, 2.45) is 0 Å². The summed E-state index contributed by atoms with van der Waals surface area (Å²) in [6.45, 7) is 4.08. The summed E-state index contributed by atoms with van der Waals surface area (Å²) >= 11 is 5.19. The lowest BCUT2D eigenvalue weighted by Gasteiger charge is -2.24. The summed E-state index contributed by atoms with van der Waals surface area (Å²) < 4.78 is 0.762. The third-order valence-electron chi connectivity index (χ3n) is 2.91. The Kier molecular flexibility index (Phi) is 2.20. The van der Waals surface area contributed by atoms with E-state index in [1.807, 2.05) is 6.92 Å². The molecule has 1 aliphatic rings. The molecule has 0 spiro atoms. The maximum Gasteiger partial charge on any atom is 0.132 e. The van der Waals surface area contributed by atoms with Crippen LogP contribution in [0.3, 0.4) is 0 Å². The Morgan fingerprint density at radius 2 is 2.08 bits per heavy atom. The SMILES string of the molecule is Cc1[nH]c(C2CCC2)nc(=S)c1C. The monoisotopic (exact) mass is 194 g/mol. The summed E-state index contributed by atoms with van der Waals surface area (Å²) in [5.41, 5.74) is 2.28. The number of aromatic nitrogens is 2. The Morgan fingerprint density at radius 3 is 2.54 bits per heavy atom. The number of hydrogen-bond acceptors (Lipinski definition) is 2. The van der Waals surface area contributed by atoms with E-state index in [1.54, 1.807) is 0 Å². The Labute approximate surface area is 83.4 Å². The molecule has 1 aliphatic carbocycles. The lowest BCUT2D eigenvalue weighted by Crippen LogP contribution is -2.13. The molecule has 1 aromatic heterocycles. The van der Waals surface area contributed by atoms with Gasteiger partial charge in [-0.1, -0.05) is 18.6 Å². The van der Waals surface area contributed by atoms with E-state index in [2.05, 4.69) is 16.9 Å². The Bertz CT molecular complexity index is 377. The van der Waals surface area contributed by atoms with Crippen LogP contribution in [-0.2, 0) is 0 Å². The van der Waals surface area contributed by atoms with E-state index in [0.717, 1.165) is 16.0 Å². The van der Waals surface area contributed by atoms with E-state index in [1.165, 1.54) is 25.0 Å². The summed E-state index contributed by atoms with van der Waals surface area (Å²) in [5, 5.41) is 0. The maximum atomic E-state index is 5.19. The molecule has 1 N–H and O–H groups in total. The molecular weight excluding hydrogens is 180 g/mol. The smallest absolute Gasteiger partial charge is 0.132 e. The second-order valence-corrected chi connectivity index (χ2v) is 4.19. The first kappa shape index (κ1) is 8.88. The number of H-pyrrole nitrogens is 1. The molecule has 1 aromatic rings. The van der Waals surface area contributed by atoms with Crippen LogP contribution in [0.1, 0.15) is 42.3 Å². The minimum absolute atomic E-state index is 0.640. The molecule has 2 rings (SSSR count). The van der Waals surface area contributed by atoms with Crippen molar-refractivity contribution in [2.75, 3.05) is 0 Å². The summed E-state index contributed by atoms with van der Waals surface area (Å²) in [6, 6.07) is 0. The predicted molar refractivity (Wildman–Crippen MR) is 55.5 cm³/mol. The molecule has 0 amide bonds. The zero-order valence-electron chi connectivity index (χ0n) is 8.05. The van der Waals surface area contributed by atoms with Crippen LogP contribution in [0.25, 0.3) is 0 Å². The van der Waals surface area contributed by atoms with Crippen molar-refractivity contribution in [3.8, 4) is 0 Å². The van der Waals surface area contributed by atoms with Crippen molar-refractivity contribution < 1.29 is 0 Å². The van der Waals surface area contributed by atoms with Crippen molar-refractivity contribution in [1.29, 1.82) is 0 Å². The number of hydrogen-bond donors (Lipinski definition) is 1. The lowest BCUT2D eigenvalue weighted by atomic mass is 9.85. The lowest BCUT2D eigenvalue weighted by molar-refractivity contribution is 0.400. The van der Waals surface area contributed by atoms with Gasteiger partial charge in [-0.25, -0.2) is 4.98 Å². The van der Waals surface area contributed by atoms with Crippen LogP contribution in [0, 0.1) is 18.5 Å². The van der Waals surface area contributed by atoms with Crippen molar-refractivity contribution in [3.05, 3.63) is 21.7 Å². The second-order valence-electron chi connectivity index (χ2n) is 3.81. The third-order valence-corrected chi connectivity index (χ3v) is 3.31. The van der Waals surface area contributed by atoms with Gasteiger partial charge in [0.05, 0.1) is 0 Å². The fraction of sp³-hybridized carbons (Fsp3) is 0.600. The van der Waals surface area contributed by atoms with Gasteiger partial charge in [0.25, 0.3) is 0 Å². The third kappa shape index (κ3) is 1.53. The largest absolute Gasteiger partial charge is 0.347 e. The summed E-state index contributed by atoms with van der Waals surface area (Å²) in [7, 11) is 0. The van der Waals surface area contributed by atoms with Crippen LogP contribution in [0.2, 0.25) is 0 Å². The van der Waals surface area contributed by atoms with Gasteiger partial charge in [0.1, 0.15) is 10.5 Å². The molecule has 0 unspecified atom stereocenters. The van der Waals surface area contributed by atoms with Gasteiger partial charge in [0.15, 0.2) is 0 Å². The molecule has 0 radical (unpaired) electrons. The molecule has 1 saturated carbocycles. The van der Waals surface area contributed by atoms with Crippen LogP contribution in [0.5, 0.6) is 0 Å². The Morgan fingerprint density at radius 1 is 1.38 bits per heavy atom. The molecule has 1 fully saturated rings. The molecule has 0 atom stereocenters. The minimum atomic E-state index is 0.640. The number of aromatic amines is 1. The van der Waals surface area contributed by atoms with Gasteiger partial charge in [-0.2, -0.15) is 0 Å². The first-order valence-electron chi connectivity index (χ1n) is 4.76. The highest BCUT2D eigenvalue weighted by Gasteiger charge is 2.21. The molecule has 0 bridgehead atoms. The van der Waals surface area contributed by atoms with Crippen molar-refractivity contribution in [3.63, 3.8) is 0 Å². The van der Waals surface area contributed by atoms with Gasteiger partial charge in [-0.3, -0.25) is 0 Å². The molecule has 2 nitrogen and oxygen atoms in total. The second kappa shape index (κ2) is 3.22. The molecular formula is C10H14N2S. The average molecular weight is 194 g/mol. The van der Waals surface area contributed by atoms with E-state index in [4.69, 9.17) is 12.2 Å². The zero-order valence-corrected chi connectivity index (χ0v) is 8.87. The Hall–Kier alpha value is -0.700. The fourth-order valence-corrected chi connectivity index (χ4v) is 1.79. The average Bonchev–Trinajstić information content (AvgIpc) is 1.96. The molecule has 70 valence electrons. The topological polar surface area (TPSA) is 28.7 Å². The molecule has 1 heterocycles. The first-order chi connectivity index (χ1) is 6.18. The quantitative estimate of drug-likeness (QED) is 0.696. The van der Waals surface area contributed by atoms with Gasteiger partial charge >= 0.3 is 0 Å². The summed E-state index contributed by atoms with van der Waals surface area (Å²) in [4.78, 5) is 7.76. The van der Waals surface area contributed by atoms with E-state index in [-0.39, 0.29) is 0 Å². The fourth-order valence-electron chi connectivity index (χ4n) is 1.54. The van der Waals surface area contributed by atoms with Gasteiger partial charge in [-0.15, -0.1) is 0 Å². The van der Waals surface area contributed by atoms with Crippen LogP contribution in [0.4, 0.5) is 0 Å². The van der Waals surface area contributed by atoms with Gasteiger partial charge < -0.3 is 4.98 Å². The molecule has 0 aromatic carbocycles. The van der Waals surface area contributed by atoms with Gasteiger partial charge in [0.2, 0.25) is 0 Å². The van der Waals surface area contributed by atoms with E-state index in [0.29, 0.717) is 5.92 Å². The highest BCUT2D eigenvalue weighted by atomic mass is 32.1. The highest BCUT2D eigenvalue weighted by Crippen LogP contribution is 2.34. The number of aryl methyl sites for hydroxylation is 1. The van der Waals surface area contributed by atoms with Crippen molar-refractivity contribution in [2.45, 2.75) is 39.0 Å². The predicted octanol–water partition coefficient (Wildman–Crippen LogP) is 3.02. The Balaban J connectivity index is 2.43. The number of nitrogens with zero attached hydrogens (tertiary/aromatic N) is 1. The van der Waals surface area contributed by atoms with Crippen molar-refractivity contribution in [1.82, 2.24) is 9.97 Å². The summed E-state index contributed by atoms with van der Waals surface area (Å²) in [6.07, 6.45) is 3.86. The molecule has 13 heavy (non-hydrogen) atoms.